The predicted octanol–water partition coefficient (Wildman–Crippen LogP) is 3.62. The van der Waals surface area contributed by atoms with Crippen molar-refractivity contribution in [3.63, 3.8) is 0 Å². The Morgan fingerprint density at radius 1 is 1.11 bits per heavy atom. The number of nitrogens with one attached hydrogen (secondary N) is 2. The first-order valence-electron chi connectivity index (χ1n) is 8.77. The van der Waals surface area contributed by atoms with Crippen molar-refractivity contribution in [1.29, 1.82) is 0 Å². The highest BCUT2D eigenvalue weighted by atomic mass is 16.5. The van der Waals surface area contributed by atoms with Crippen LogP contribution in [0.4, 0.5) is 23.1 Å². The molecule has 1 amide bonds. The molecule has 0 saturated heterocycles. The Bertz CT molecular complexity index is 885. The normalized spacial score (nSPS) is 10.5. The summed E-state index contributed by atoms with van der Waals surface area (Å²) in [4.78, 5) is 22.8. The number of carbonyl (C=O) groups excluding carboxylic acids is 1. The van der Waals surface area contributed by atoms with E-state index < -0.39 is 0 Å². The molecule has 0 radical (unpaired) electrons. The van der Waals surface area contributed by atoms with Gasteiger partial charge in [-0.3, -0.25) is 4.79 Å². The van der Waals surface area contributed by atoms with E-state index in [1.807, 2.05) is 12.1 Å². The molecule has 0 aliphatic rings. The lowest BCUT2D eigenvalue weighted by atomic mass is 10.2. The molecule has 2 N–H and O–H groups in total. The maximum Gasteiger partial charge on any atom is 0.260 e. The number of benzene rings is 1. The van der Waals surface area contributed by atoms with E-state index >= 15 is 0 Å². The molecule has 0 bridgehead atoms. The monoisotopic (exact) mass is 366 g/mol. The SMILES string of the molecule is CCN(CC)c1ccc(Nc2ncc(C(=O)Nc3cc(C)on3)cn2)cc1. The summed E-state index contributed by atoms with van der Waals surface area (Å²) in [5, 5.41) is 9.48. The van der Waals surface area contributed by atoms with Crippen LogP contribution in [0, 0.1) is 6.92 Å². The van der Waals surface area contributed by atoms with Crippen LogP contribution in [0.2, 0.25) is 0 Å². The molecule has 8 heteroatoms. The van der Waals surface area contributed by atoms with Crippen molar-refractivity contribution < 1.29 is 9.32 Å². The standard InChI is InChI=1S/C19H22N6O2/c1-4-25(5-2)16-8-6-15(7-9-16)22-19-20-11-14(12-21-19)18(26)23-17-10-13(3)27-24-17/h6-12H,4-5H2,1-3H3,(H,20,21,22)(H,23,24,26). The van der Waals surface area contributed by atoms with Crippen LogP contribution in [0.25, 0.3) is 0 Å². The molecule has 0 fully saturated rings. The van der Waals surface area contributed by atoms with Crippen LogP contribution in [0.3, 0.4) is 0 Å². The van der Waals surface area contributed by atoms with Crippen molar-refractivity contribution in [2.45, 2.75) is 20.8 Å². The third kappa shape index (κ3) is 4.60. The average Bonchev–Trinajstić information content (AvgIpc) is 3.09. The van der Waals surface area contributed by atoms with Crippen molar-refractivity contribution in [2.24, 2.45) is 0 Å². The summed E-state index contributed by atoms with van der Waals surface area (Å²) in [6.07, 6.45) is 2.92. The lowest BCUT2D eigenvalue weighted by Gasteiger charge is -2.21. The van der Waals surface area contributed by atoms with Crippen molar-refractivity contribution in [2.75, 3.05) is 28.6 Å². The highest BCUT2D eigenvalue weighted by Gasteiger charge is 2.10. The van der Waals surface area contributed by atoms with Crippen LogP contribution in [0.1, 0.15) is 30.0 Å². The molecule has 0 saturated carbocycles. The number of aryl methyl sites for hydroxylation is 1. The van der Waals surface area contributed by atoms with E-state index in [-0.39, 0.29) is 5.91 Å². The lowest BCUT2D eigenvalue weighted by Crippen LogP contribution is -2.21. The van der Waals surface area contributed by atoms with E-state index in [4.69, 9.17) is 4.52 Å². The second-order valence-electron chi connectivity index (χ2n) is 5.92. The summed E-state index contributed by atoms with van der Waals surface area (Å²) in [5.74, 6) is 1.04. The van der Waals surface area contributed by atoms with E-state index in [9.17, 15) is 4.79 Å². The van der Waals surface area contributed by atoms with E-state index in [0.29, 0.717) is 23.1 Å². The van der Waals surface area contributed by atoms with Crippen LogP contribution in [0.5, 0.6) is 0 Å². The topological polar surface area (TPSA) is 96.2 Å². The van der Waals surface area contributed by atoms with Crippen LogP contribution in [0.15, 0.2) is 47.2 Å². The zero-order valence-electron chi connectivity index (χ0n) is 15.6. The highest BCUT2D eigenvalue weighted by Crippen LogP contribution is 2.19. The zero-order valence-corrected chi connectivity index (χ0v) is 15.6. The lowest BCUT2D eigenvalue weighted by molar-refractivity contribution is 0.102. The van der Waals surface area contributed by atoms with Crippen LogP contribution in [-0.4, -0.2) is 34.1 Å². The first-order chi connectivity index (χ1) is 13.1. The summed E-state index contributed by atoms with van der Waals surface area (Å²) >= 11 is 0. The van der Waals surface area contributed by atoms with Gasteiger partial charge in [0.1, 0.15) is 5.76 Å². The molecular weight excluding hydrogens is 344 g/mol. The molecule has 0 atom stereocenters. The van der Waals surface area contributed by atoms with Gasteiger partial charge in [-0.15, -0.1) is 0 Å². The number of hydrogen-bond donors (Lipinski definition) is 2. The third-order valence-corrected chi connectivity index (χ3v) is 4.04. The molecule has 2 heterocycles. The Kier molecular flexibility index (Phi) is 5.65. The van der Waals surface area contributed by atoms with Gasteiger partial charge in [-0.05, 0) is 45.0 Å². The Hall–Kier alpha value is -3.42. The van der Waals surface area contributed by atoms with Gasteiger partial charge in [-0.2, -0.15) is 0 Å². The number of amides is 1. The fourth-order valence-electron chi connectivity index (χ4n) is 2.60. The zero-order chi connectivity index (χ0) is 19.2. The van der Waals surface area contributed by atoms with Gasteiger partial charge in [0.05, 0.1) is 5.56 Å². The Labute approximate surface area is 157 Å². The minimum absolute atomic E-state index is 0.332. The second kappa shape index (κ2) is 8.31. The number of nitrogens with zero attached hydrogens (tertiary/aromatic N) is 4. The Balaban J connectivity index is 1.62. The van der Waals surface area contributed by atoms with Gasteiger partial charge >= 0.3 is 0 Å². The van der Waals surface area contributed by atoms with Crippen LogP contribution in [-0.2, 0) is 0 Å². The number of anilines is 4. The van der Waals surface area contributed by atoms with Crippen molar-refractivity contribution >= 4 is 29.0 Å². The van der Waals surface area contributed by atoms with Gasteiger partial charge in [0.15, 0.2) is 5.82 Å². The summed E-state index contributed by atoms with van der Waals surface area (Å²) in [7, 11) is 0. The van der Waals surface area contributed by atoms with Gasteiger partial charge in [0, 0.05) is 42.9 Å². The molecule has 3 rings (SSSR count). The molecule has 0 aliphatic heterocycles. The maximum atomic E-state index is 12.2. The molecular formula is C19H22N6O2. The fourth-order valence-corrected chi connectivity index (χ4v) is 2.60. The molecule has 8 nitrogen and oxygen atoms in total. The van der Waals surface area contributed by atoms with E-state index in [1.54, 1.807) is 13.0 Å². The largest absolute Gasteiger partial charge is 0.372 e. The van der Waals surface area contributed by atoms with E-state index in [0.717, 1.165) is 18.8 Å². The van der Waals surface area contributed by atoms with Gasteiger partial charge < -0.3 is 20.1 Å². The Morgan fingerprint density at radius 2 is 1.78 bits per heavy atom. The summed E-state index contributed by atoms with van der Waals surface area (Å²) in [6, 6.07) is 9.69. The minimum Gasteiger partial charge on any atom is -0.372 e. The second-order valence-corrected chi connectivity index (χ2v) is 5.92. The van der Waals surface area contributed by atoms with Gasteiger partial charge in [0.2, 0.25) is 5.95 Å². The number of aromatic nitrogens is 3. The minimum atomic E-state index is -0.349. The van der Waals surface area contributed by atoms with Gasteiger partial charge in [-0.1, -0.05) is 5.16 Å². The van der Waals surface area contributed by atoms with Crippen molar-refractivity contribution in [3.05, 3.63) is 54.0 Å². The highest BCUT2D eigenvalue weighted by molar-refractivity contribution is 6.03. The van der Waals surface area contributed by atoms with Gasteiger partial charge in [-0.25, -0.2) is 9.97 Å². The molecule has 3 aromatic rings. The number of carbonyl (C=O) groups is 1. The number of rotatable bonds is 7. The molecule has 1 aromatic carbocycles. The van der Waals surface area contributed by atoms with E-state index in [1.165, 1.54) is 18.1 Å². The average molecular weight is 366 g/mol. The van der Waals surface area contributed by atoms with Crippen LogP contribution < -0.4 is 15.5 Å². The molecule has 27 heavy (non-hydrogen) atoms. The smallest absolute Gasteiger partial charge is 0.260 e. The molecule has 2 aromatic heterocycles. The fraction of sp³-hybridized carbons (Fsp3) is 0.263. The summed E-state index contributed by atoms with van der Waals surface area (Å²) in [6.45, 7) is 7.93. The molecule has 0 spiro atoms. The molecule has 140 valence electrons. The predicted molar refractivity (Wildman–Crippen MR) is 105 cm³/mol. The third-order valence-electron chi connectivity index (χ3n) is 4.04. The molecule has 0 aliphatic carbocycles. The first kappa shape index (κ1) is 18.4. The van der Waals surface area contributed by atoms with Crippen molar-refractivity contribution in [1.82, 2.24) is 15.1 Å². The maximum absolute atomic E-state index is 12.2. The van der Waals surface area contributed by atoms with Crippen molar-refractivity contribution in [3.8, 4) is 0 Å². The number of hydrogen-bond acceptors (Lipinski definition) is 7. The van der Waals surface area contributed by atoms with Gasteiger partial charge in [0.25, 0.3) is 5.91 Å². The first-order valence-corrected chi connectivity index (χ1v) is 8.77. The Morgan fingerprint density at radius 3 is 2.33 bits per heavy atom. The van der Waals surface area contributed by atoms with Crippen LogP contribution >= 0.6 is 0 Å². The summed E-state index contributed by atoms with van der Waals surface area (Å²) in [5.41, 5.74) is 2.38. The quantitative estimate of drug-likeness (QED) is 0.659. The summed E-state index contributed by atoms with van der Waals surface area (Å²) < 4.78 is 4.92. The molecule has 0 unspecified atom stereocenters. The van der Waals surface area contributed by atoms with E-state index in [2.05, 4.69) is 56.6 Å².